The Kier molecular flexibility index (Phi) is 7.58. The Hall–Kier alpha value is -3.81. The fourth-order valence-corrected chi connectivity index (χ4v) is 3.97. The Bertz CT molecular complexity index is 1070. The van der Waals surface area contributed by atoms with Gasteiger partial charge in [0.25, 0.3) is 5.91 Å². The molecule has 1 amide bonds. The number of imidazole rings is 1. The molecule has 0 bridgehead atoms. The van der Waals surface area contributed by atoms with Crippen molar-refractivity contribution in [3.8, 4) is 0 Å². The van der Waals surface area contributed by atoms with E-state index >= 15 is 0 Å². The zero-order chi connectivity index (χ0) is 22.9. The third kappa shape index (κ3) is 5.71. The highest BCUT2D eigenvalue weighted by Gasteiger charge is 2.22. The van der Waals surface area contributed by atoms with Crippen molar-refractivity contribution in [2.24, 2.45) is 0 Å². The zero-order valence-corrected chi connectivity index (χ0v) is 18.8. The van der Waals surface area contributed by atoms with Crippen molar-refractivity contribution in [3.63, 3.8) is 0 Å². The maximum atomic E-state index is 13.2. The maximum absolute atomic E-state index is 13.2. The largest absolute Gasteiger partial charge is 0.340 e. The van der Waals surface area contributed by atoms with Crippen LogP contribution >= 0.6 is 0 Å². The van der Waals surface area contributed by atoms with E-state index in [0.717, 1.165) is 30.4 Å². The molecule has 1 unspecified atom stereocenters. The number of carbonyl (C=O) groups is 1. The minimum Gasteiger partial charge on any atom is -0.340 e. The number of H-pyrrole nitrogens is 1. The molecule has 0 aliphatic heterocycles. The molecule has 0 aliphatic carbocycles. The SMILES string of the molecule is CCCCCCC(c1nn[nH]n1)n1cnc(C(=O)NC(c2ccccc2)c2ccccc2)c1. The summed E-state index contributed by atoms with van der Waals surface area (Å²) in [4.78, 5) is 17.6. The Morgan fingerprint density at radius 3 is 2.30 bits per heavy atom. The summed E-state index contributed by atoms with van der Waals surface area (Å²) in [5.74, 6) is 0.367. The molecule has 170 valence electrons. The number of aromatic nitrogens is 6. The average molecular weight is 444 g/mol. The van der Waals surface area contributed by atoms with Crippen LogP contribution in [0.5, 0.6) is 0 Å². The summed E-state index contributed by atoms with van der Waals surface area (Å²) >= 11 is 0. The van der Waals surface area contributed by atoms with E-state index in [1.54, 1.807) is 12.5 Å². The predicted octanol–water partition coefficient (Wildman–Crippen LogP) is 4.48. The van der Waals surface area contributed by atoms with Crippen molar-refractivity contribution < 1.29 is 4.79 Å². The van der Waals surface area contributed by atoms with Gasteiger partial charge in [-0.05, 0) is 17.5 Å². The normalized spacial score (nSPS) is 12.1. The molecule has 2 aromatic carbocycles. The molecule has 33 heavy (non-hydrogen) atoms. The van der Waals surface area contributed by atoms with Crippen LogP contribution < -0.4 is 5.32 Å². The number of nitrogens with zero attached hydrogens (tertiary/aromatic N) is 5. The van der Waals surface area contributed by atoms with E-state index in [1.807, 2.05) is 65.2 Å². The first-order chi connectivity index (χ1) is 16.3. The van der Waals surface area contributed by atoms with E-state index in [0.29, 0.717) is 11.5 Å². The van der Waals surface area contributed by atoms with Crippen molar-refractivity contribution in [1.29, 1.82) is 0 Å². The number of aromatic amines is 1. The molecule has 1 atom stereocenters. The van der Waals surface area contributed by atoms with Crippen LogP contribution in [0.3, 0.4) is 0 Å². The summed E-state index contributed by atoms with van der Waals surface area (Å²) in [5.41, 5.74) is 2.38. The zero-order valence-electron chi connectivity index (χ0n) is 18.8. The van der Waals surface area contributed by atoms with Crippen LogP contribution in [0.4, 0.5) is 0 Å². The molecule has 2 aromatic heterocycles. The highest BCUT2D eigenvalue weighted by atomic mass is 16.2. The molecule has 2 heterocycles. The molecule has 0 saturated heterocycles. The van der Waals surface area contributed by atoms with Crippen LogP contribution in [-0.2, 0) is 0 Å². The molecule has 0 spiro atoms. The van der Waals surface area contributed by atoms with Gasteiger partial charge in [0.05, 0.1) is 18.4 Å². The lowest BCUT2D eigenvalue weighted by Gasteiger charge is -2.19. The second-order valence-corrected chi connectivity index (χ2v) is 8.07. The minimum absolute atomic E-state index is 0.117. The summed E-state index contributed by atoms with van der Waals surface area (Å²) in [5, 5.41) is 17.7. The fraction of sp³-hybridized carbons (Fsp3) is 0.320. The van der Waals surface area contributed by atoms with Gasteiger partial charge < -0.3 is 9.88 Å². The molecule has 2 N–H and O–H groups in total. The number of carbonyl (C=O) groups excluding carboxylic acids is 1. The highest BCUT2D eigenvalue weighted by Crippen LogP contribution is 2.24. The van der Waals surface area contributed by atoms with Crippen LogP contribution in [0.15, 0.2) is 73.2 Å². The Morgan fingerprint density at radius 2 is 1.70 bits per heavy atom. The summed E-state index contributed by atoms with van der Waals surface area (Å²) in [6.45, 7) is 2.19. The quantitative estimate of drug-likeness (QED) is 0.333. The number of hydrogen-bond acceptors (Lipinski definition) is 5. The molecular weight excluding hydrogens is 414 g/mol. The summed E-state index contributed by atoms with van der Waals surface area (Å²) in [6.07, 6.45) is 8.84. The molecule has 0 saturated carbocycles. The third-order valence-electron chi connectivity index (χ3n) is 5.73. The molecule has 8 nitrogen and oxygen atoms in total. The molecule has 0 fully saturated rings. The van der Waals surface area contributed by atoms with Gasteiger partial charge in [-0.15, -0.1) is 10.2 Å². The second kappa shape index (κ2) is 11.2. The molecule has 0 radical (unpaired) electrons. The van der Waals surface area contributed by atoms with Gasteiger partial charge in [0.1, 0.15) is 5.69 Å². The number of benzene rings is 2. The van der Waals surface area contributed by atoms with E-state index in [9.17, 15) is 4.79 Å². The lowest BCUT2D eigenvalue weighted by atomic mass is 9.98. The third-order valence-corrected chi connectivity index (χ3v) is 5.73. The van der Waals surface area contributed by atoms with Crippen molar-refractivity contribution in [2.45, 2.75) is 51.1 Å². The van der Waals surface area contributed by atoms with Gasteiger partial charge >= 0.3 is 0 Å². The predicted molar refractivity (Wildman–Crippen MR) is 125 cm³/mol. The van der Waals surface area contributed by atoms with Gasteiger partial charge in [0, 0.05) is 6.20 Å². The van der Waals surface area contributed by atoms with Crippen LogP contribution in [0.25, 0.3) is 0 Å². The Labute approximate surface area is 193 Å². The lowest BCUT2D eigenvalue weighted by Crippen LogP contribution is -2.29. The van der Waals surface area contributed by atoms with Gasteiger partial charge in [-0.25, -0.2) is 4.98 Å². The van der Waals surface area contributed by atoms with Crippen LogP contribution in [0.1, 0.15) is 78.6 Å². The molecular formula is C25H29N7O. The number of tetrazole rings is 1. The second-order valence-electron chi connectivity index (χ2n) is 8.07. The van der Waals surface area contributed by atoms with Crippen LogP contribution in [-0.4, -0.2) is 36.1 Å². The highest BCUT2D eigenvalue weighted by molar-refractivity contribution is 5.92. The topological polar surface area (TPSA) is 101 Å². The van der Waals surface area contributed by atoms with Gasteiger partial charge in [0.15, 0.2) is 5.82 Å². The molecule has 4 rings (SSSR count). The van der Waals surface area contributed by atoms with Crippen molar-refractivity contribution >= 4 is 5.91 Å². The Balaban J connectivity index is 1.53. The molecule has 4 aromatic rings. The maximum Gasteiger partial charge on any atom is 0.272 e. The van der Waals surface area contributed by atoms with Crippen molar-refractivity contribution in [2.75, 3.05) is 0 Å². The first kappa shape index (κ1) is 22.4. The fourth-order valence-electron chi connectivity index (χ4n) is 3.97. The standard InChI is InChI=1S/C25H29N7O/c1-2-3-4-11-16-22(24-28-30-31-29-24)32-17-21(26-18-32)25(33)27-23(19-12-7-5-8-13-19)20-14-9-6-10-15-20/h5-10,12-15,17-18,22-23H,2-4,11,16H2,1H3,(H,27,33)(H,28,29,30,31). The Morgan fingerprint density at radius 1 is 1.00 bits per heavy atom. The monoisotopic (exact) mass is 443 g/mol. The van der Waals surface area contributed by atoms with Crippen molar-refractivity contribution in [1.82, 2.24) is 35.5 Å². The summed E-state index contributed by atoms with van der Waals surface area (Å²) in [6, 6.07) is 19.5. The van der Waals surface area contributed by atoms with Crippen LogP contribution in [0, 0.1) is 0 Å². The van der Waals surface area contributed by atoms with Crippen molar-refractivity contribution in [3.05, 3.63) is 95.8 Å². The smallest absolute Gasteiger partial charge is 0.272 e. The van der Waals surface area contributed by atoms with Gasteiger partial charge in [-0.3, -0.25) is 4.79 Å². The van der Waals surface area contributed by atoms with Gasteiger partial charge in [-0.2, -0.15) is 5.21 Å². The first-order valence-electron chi connectivity index (χ1n) is 11.4. The van der Waals surface area contributed by atoms with E-state index in [-0.39, 0.29) is 18.0 Å². The summed E-state index contributed by atoms with van der Waals surface area (Å²) < 4.78 is 1.91. The van der Waals surface area contributed by atoms with Gasteiger partial charge in [0.2, 0.25) is 0 Å². The summed E-state index contributed by atoms with van der Waals surface area (Å²) in [7, 11) is 0. The number of unbranched alkanes of at least 4 members (excludes halogenated alkanes) is 3. The van der Waals surface area contributed by atoms with E-state index in [1.165, 1.54) is 12.8 Å². The van der Waals surface area contributed by atoms with E-state index in [4.69, 9.17) is 0 Å². The average Bonchev–Trinajstić information content (AvgIpc) is 3.57. The van der Waals surface area contributed by atoms with E-state index in [2.05, 4.69) is 37.8 Å². The lowest BCUT2D eigenvalue weighted by molar-refractivity contribution is 0.0938. The number of rotatable bonds is 11. The van der Waals surface area contributed by atoms with Gasteiger partial charge in [-0.1, -0.05) is 98.5 Å². The molecule has 0 aliphatic rings. The number of hydrogen-bond donors (Lipinski definition) is 2. The minimum atomic E-state index is -0.271. The number of nitrogens with one attached hydrogen (secondary N) is 2. The molecule has 8 heteroatoms. The number of amides is 1. The van der Waals surface area contributed by atoms with Crippen LogP contribution in [0.2, 0.25) is 0 Å². The first-order valence-corrected chi connectivity index (χ1v) is 11.4. The van der Waals surface area contributed by atoms with E-state index < -0.39 is 0 Å².